The number of halogens is 6. The van der Waals surface area contributed by atoms with E-state index in [-0.39, 0.29) is 4.47 Å². The van der Waals surface area contributed by atoms with Crippen LogP contribution in [0.3, 0.4) is 0 Å². The number of benzene rings is 1. The zero-order chi connectivity index (χ0) is 13.4. The third-order valence-electron chi connectivity index (χ3n) is 1.46. The molecule has 0 aliphatic carbocycles. The molecule has 0 heterocycles. The van der Waals surface area contributed by atoms with Gasteiger partial charge in [-0.15, -0.1) is 0 Å². The van der Waals surface area contributed by atoms with Crippen LogP contribution >= 0.6 is 27.5 Å². The molecule has 3 nitrogen and oxygen atoms in total. The average Bonchev–Trinajstić information content (AvgIpc) is 2.12. The summed E-state index contributed by atoms with van der Waals surface area (Å²) in [6.07, 6.45) is 0. The van der Waals surface area contributed by atoms with Gasteiger partial charge in [-0.1, -0.05) is 11.6 Å². The molecule has 0 aromatic heterocycles. The van der Waals surface area contributed by atoms with Crippen molar-refractivity contribution in [1.82, 2.24) is 0 Å². The molecule has 0 aliphatic rings. The van der Waals surface area contributed by atoms with Gasteiger partial charge in [-0.2, -0.15) is 21.6 Å². The van der Waals surface area contributed by atoms with Gasteiger partial charge < -0.3 is 4.18 Å². The van der Waals surface area contributed by atoms with Gasteiger partial charge in [-0.05, 0) is 22.0 Å². The fraction of sp³-hybridized carbons (Fsp3) is 0.143. The van der Waals surface area contributed by atoms with E-state index in [9.17, 15) is 26.0 Å². The van der Waals surface area contributed by atoms with Crippen LogP contribution in [-0.4, -0.2) is 13.9 Å². The molecular weight excluding hydrogens is 355 g/mol. The van der Waals surface area contributed by atoms with Crippen molar-refractivity contribution in [3.8, 4) is 5.75 Å². The van der Waals surface area contributed by atoms with Crippen molar-refractivity contribution in [2.45, 2.75) is 5.51 Å². The Bertz CT molecular complexity index is 543. The molecule has 17 heavy (non-hydrogen) atoms. The van der Waals surface area contributed by atoms with Crippen molar-refractivity contribution in [2.24, 2.45) is 0 Å². The fourth-order valence-corrected chi connectivity index (χ4v) is 1.76. The smallest absolute Gasteiger partial charge is 0.374 e. The normalized spacial score (nSPS) is 12.6. The topological polar surface area (TPSA) is 43.4 Å². The molecule has 0 bridgehead atoms. The first-order valence-corrected chi connectivity index (χ1v) is 6.28. The molecule has 0 N–H and O–H groups in total. The lowest BCUT2D eigenvalue weighted by atomic mass is 10.3. The van der Waals surface area contributed by atoms with Gasteiger partial charge in [0.25, 0.3) is 0 Å². The minimum absolute atomic E-state index is 0.283. The summed E-state index contributed by atoms with van der Waals surface area (Å²) in [5.41, 5.74) is -5.59. The summed E-state index contributed by atoms with van der Waals surface area (Å²) in [4.78, 5) is 0. The maximum atomic E-state index is 12.9. The van der Waals surface area contributed by atoms with Crippen LogP contribution in [0, 0.1) is 5.82 Å². The predicted molar refractivity (Wildman–Crippen MR) is 54.7 cm³/mol. The Labute approximate surface area is 107 Å². The summed E-state index contributed by atoms with van der Waals surface area (Å²) in [5.74, 6) is -1.69. The van der Waals surface area contributed by atoms with Crippen LogP contribution in [0.25, 0.3) is 0 Å². The number of alkyl halides is 3. The molecule has 10 heteroatoms. The van der Waals surface area contributed by atoms with Gasteiger partial charge >= 0.3 is 15.6 Å². The summed E-state index contributed by atoms with van der Waals surface area (Å²) in [6.45, 7) is 0. The highest BCUT2D eigenvalue weighted by atomic mass is 79.9. The van der Waals surface area contributed by atoms with E-state index in [0.717, 1.165) is 0 Å². The fourth-order valence-electron chi connectivity index (χ4n) is 0.734. The second-order valence-corrected chi connectivity index (χ2v) is 5.48. The zero-order valence-electron chi connectivity index (χ0n) is 7.56. The van der Waals surface area contributed by atoms with E-state index in [2.05, 4.69) is 20.1 Å². The Hall–Kier alpha value is -0.540. The monoisotopic (exact) mass is 356 g/mol. The molecule has 0 saturated carbocycles. The molecule has 0 radical (unpaired) electrons. The minimum atomic E-state index is -5.83. The van der Waals surface area contributed by atoms with Crippen molar-refractivity contribution in [3.63, 3.8) is 0 Å². The van der Waals surface area contributed by atoms with Gasteiger partial charge in [0.2, 0.25) is 0 Å². The van der Waals surface area contributed by atoms with E-state index in [0.29, 0.717) is 12.1 Å². The average molecular weight is 358 g/mol. The second-order valence-electron chi connectivity index (χ2n) is 2.68. The molecule has 1 aromatic carbocycles. The highest BCUT2D eigenvalue weighted by Gasteiger charge is 2.48. The Balaban J connectivity index is 3.18. The van der Waals surface area contributed by atoms with Crippen LogP contribution in [0.1, 0.15) is 0 Å². The summed E-state index contributed by atoms with van der Waals surface area (Å²) < 4.78 is 73.6. The first kappa shape index (κ1) is 14.5. The molecule has 0 unspecified atom stereocenters. The third-order valence-corrected chi connectivity index (χ3v) is 3.33. The van der Waals surface area contributed by atoms with Gasteiger partial charge in [0.05, 0.1) is 9.50 Å². The third kappa shape index (κ3) is 3.23. The maximum Gasteiger partial charge on any atom is 0.534 e. The molecule has 1 aromatic rings. The van der Waals surface area contributed by atoms with Crippen molar-refractivity contribution in [2.75, 3.05) is 0 Å². The Kier molecular flexibility index (Phi) is 3.94. The predicted octanol–water partition coefficient (Wildman–Crippen LogP) is 3.47. The molecule has 0 aliphatic heterocycles. The van der Waals surface area contributed by atoms with Gasteiger partial charge in [0, 0.05) is 6.07 Å². The van der Waals surface area contributed by atoms with E-state index in [1.165, 1.54) is 0 Å². The maximum absolute atomic E-state index is 12.9. The highest BCUT2D eigenvalue weighted by Crippen LogP contribution is 2.34. The van der Waals surface area contributed by atoms with Crippen LogP contribution in [0.2, 0.25) is 5.02 Å². The number of rotatable bonds is 2. The van der Waals surface area contributed by atoms with Gasteiger partial charge in [0.15, 0.2) is 5.75 Å². The quantitative estimate of drug-likeness (QED) is 0.352. The Morgan fingerprint density at radius 1 is 1.29 bits per heavy atom. The molecule has 1 rings (SSSR count). The molecular formula is C7H2BrClF4O3S. The molecule has 0 atom stereocenters. The Morgan fingerprint density at radius 3 is 2.29 bits per heavy atom. The van der Waals surface area contributed by atoms with Crippen LogP contribution < -0.4 is 4.18 Å². The lowest BCUT2D eigenvalue weighted by molar-refractivity contribution is -0.0500. The van der Waals surface area contributed by atoms with Crippen molar-refractivity contribution < 1.29 is 30.2 Å². The van der Waals surface area contributed by atoms with Gasteiger partial charge in [-0.3, -0.25) is 0 Å². The minimum Gasteiger partial charge on any atom is -0.374 e. The number of hydrogen-bond acceptors (Lipinski definition) is 3. The van der Waals surface area contributed by atoms with E-state index < -0.39 is 32.2 Å². The molecule has 0 saturated heterocycles. The first-order valence-electron chi connectivity index (χ1n) is 3.70. The summed E-state index contributed by atoms with van der Waals surface area (Å²) in [6, 6.07) is 1.30. The van der Waals surface area contributed by atoms with Crippen LogP contribution in [-0.2, 0) is 10.1 Å². The molecule has 0 amide bonds. The van der Waals surface area contributed by atoms with Crippen LogP contribution in [0.15, 0.2) is 16.6 Å². The lowest BCUT2D eigenvalue weighted by Gasteiger charge is -2.10. The van der Waals surface area contributed by atoms with E-state index in [4.69, 9.17) is 11.6 Å². The van der Waals surface area contributed by atoms with E-state index in [1.807, 2.05) is 0 Å². The molecule has 0 fully saturated rings. The summed E-state index contributed by atoms with van der Waals surface area (Å²) in [7, 11) is -5.83. The lowest BCUT2D eigenvalue weighted by Crippen LogP contribution is -2.28. The Morgan fingerprint density at radius 2 is 1.82 bits per heavy atom. The van der Waals surface area contributed by atoms with Crippen LogP contribution in [0.5, 0.6) is 5.75 Å². The number of hydrogen-bond donors (Lipinski definition) is 0. The van der Waals surface area contributed by atoms with Crippen molar-refractivity contribution in [1.29, 1.82) is 0 Å². The van der Waals surface area contributed by atoms with E-state index >= 15 is 0 Å². The summed E-state index contributed by atoms with van der Waals surface area (Å²) in [5, 5.41) is -0.599. The standard InChI is InChI=1S/C7H2BrClF4O3S/c8-3-1-6(4(9)2-5(3)10)16-17(14,15)7(11,12)13/h1-2H. The zero-order valence-corrected chi connectivity index (χ0v) is 10.7. The second kappa shape index (κ2) is 4.62. The van der Waals surface area contributed by atoms with Gasteiger partial charge in [-0.25, -0.2) is 4.39 Å². The largest absolute Gasteiger partial charge is 0.534 e. The van der Waals surface area contributed by atoms with Gasteiger partial charge in [0.1, 0.15) is 5.82 Å². The highest BCUT2D eigenvalue weighted by molar-refractivity contribution is 9.10. The van der Waals surface area contributed by atoms with Crippen molar-refractivity contribution >= 4 is 37.6 Å². The first-order chi connectivity index (χ1) is 7.54. The van der Waals surface area contributed by atoms with E-state index in [1.54, 1.807) is 0 Å². The molecule has 0 spiro atoms. The molecule has 96 valence electrons. The SMILES string of the molecule is O=S(=O)(Oc1cc(Br)c(F)cc1Cl)C(F)(F)F. The van der Waals surface area contributed by atoms with Crippen LogP contribution in [0.4, 0.5) is 17.6 Å². The summed E-state index contributed by atoms with van der Waals surface area (Å²) >= 11 is 7.99. The van der Waals surface area contributed by atoms with Crippen molar-refractivity contribution in [3.05, 3.63) is 27.4 Å².